The number of hydrogen-bond acceptors (Lipinski definition) is 2. The summed E-state index contributed by atoms with van der Waals surface area (Å²) in [6.07, 6.45) is 2.20. The maximum absolute atomic E-state index is 13.6. The minimum Gasteiger partial charge on any atom is -0.314 e. The number of nitrogens with one attached hydrogen (secondary N) is 1. The van der Waals surface area contributed by atoms with E-state index in [1.807, 2.05) is 0 Å². The van der Waals surface area contributed by atoms with Gasteiger partial charge in [-0.05, 0) is 30.0 Å². The van der Waals surface area contributed by atoms with Crippen molar-refractivity contribution < 1.29 is 8.78 Å². The topological polar surface area (TPSA) is 15.3 Å². The quantitative estimate of drug-likeness (QED) is 0.889. The molecule has 2 nitrogen and oxygen atoms in total. The third kappa shape index (κ3) is 4.63. The molecule has 0 saturated carbocycles. The molecule has 1 aromatic carbocycles. The average molecular weight is 319 g/mol. The Hall–Kier alpha value is -0.710. The SMILES string of the molecule is CCCC(C)[C@H](c1ccc(F)c(F)c1)N1CCNCC1.Cl. The van der Waals surface area contributed by atoms with Gasteiger partial charge in [0.2, 0.25) is 0 Å². The molecule has 1 heterocycles. The summed E-state index contributed by atoms with van der Waals surface area (Å²) in [6.45, 7) is 8.20. The first-order valence-electron chi connectivity index (χ1n) is 7.53. The molecule has 1 aliphatic rings. The lowest BCUT2D eigenvalue weighted by Gasteiger charge is -2.38. The van der Waals surface area contributed by atoms with E-state index >= 15 is 0 Å². The first kappa shape index (κ1) is 18.3. The molecule has 1 unspecified atom stereocenters. The summed E-state index contributed by atoms with van der Waals surface area (Å²) >= 11 is 0. The molecule has 1 aliphatic heterocycles. The second kappa shape index (κ2) is 8.66. The highest BCUT2D eigenvalue weighted by Crippen LogP contribution is 2.32. The molecular formula is C16H25ClF2N2. The van der Waals surface area contributed by atoms with Gasteiger partial charge in [0.25, 0.3) is 0 Å². The second-order valence-electron chi connectivity index (χ2n) is 5.67. The zero-order chi connectivity index (χ0) is 14.5. The predicted molar refractivity (Wildman–Crippen MR) is 84.9 cm³/mol. The van der Waals surface area contributed by atoms with E-state index in [2.05, 4.69) is 24.1 Å². The smallest absolute Gasteiger partial charge is 0.159 e. The predicted octanol–water partition coefficient (Wildman–Crippen LogP) is 3.77. The fourth-order valence-corrected chi connectivity index (χ4v) is 3.17. The Labute approximate surface area is 132 Å². The van der Waals surface area contributed by atoms with Gasteiger partial charge in [0.1, 0.15) is 0 Å². The lowest BCUT2D eigenvalue weighted by atomic mass is 9.89. The van der Waals surface area contributed by atoms with Crippen molar-refractivity contribution in [1.82, 2.24) is 10.2 Å². The number of benzene rings is 1. The first-order valence-corrected chi connectivity index (χ1v) is 7.53. The van der Waals surface area contributed by atoms with Crippen LogP contribution in [0.1, 0.15) is 38.3 Å². The molecule has 1 aromatic rings. The molecule has 0 aliphatic carbocycles. The van der Waals surface area contributed by atoms with Gasteiger partial charge in [-0.1, -0.05) is 26.3 Å². The van der Waals surface area contributed by atoms with Gasteiger partial charge in [-0.25, -0.2) is 8.78 Å². The van der Waals surface area contributed by atoms with Gasteiger partial charge >= 0.3 is 0 Å². The van der Waals surface area contributed by atoms with Crippen molar-refractivity contribution in [2.24, 2.45) is 5.92 Å². The highest BCUT2D eigenvalue weighted by Gasteiger charge is 2.27. The molecule has 120 valence electrons. The third-order valence-corrected chi connectivity index (χ3v) is 4.11. The van der Waals surface area contributed by atoms with Crippen molar-refractivity contribution >= 4 is 12.4 Å². The summed E-state index contributed by atoms with van der Waals surface area (Å²) in [6, 6.07) is 4.52. The maximum Gasteiger partial charge on any atom is 0.159 e. The van der Waals surface area contributed by atoms with E-state index < -0.39 is 11.6 Å². The fraction of sp³-hybridized carbons (Fsp3) is 0.625. The molecule has 0 radical (unpaired) electrons. The van der Waals surface area contributed by atoms with Gasteiger partial charge in [-0.2, -0.15) is 0 Å². The summed E-state index contributed by atoms with van der Waals surface area (Å²) in [7, 11) is 0. The van der Waals surface area contributed by atoms with Crippen LogP contribution in [0.5, 0.6) is 0 Å². The molecule has 2 rings (SSSR count). The van der Waals surface area contributed by atoms with Gasteiger partial charge in [-0.3, -0.25) is 4.90 Å². The fourth-order valence-electron chi connectivity index (χ4n) is 3.17. The molecule has 0 amide bonds. The normalized spacial score (nSPS) is 18.9. The zero-order valence-corrected chi connectivity index (χ0v) is 13.6. The number of rotatable bonds is 5. The lowest BCUT2D eigenvalue weighted by Crippen LogP contribution is -2.46. The van der Waals surface area contributed by atoms with E-state index in [1.165, 1.54) is 12.1 Å². The summed E-state index contributed by atoms with van der Waals surface area (Å²) in [4.78, 5) is 2.39. The molecular weight excluding hydrogens is 294 g/mol. The number of piperazine rings is 1. The number of hydrogen-bond donors (Lipinski definition) is 1. The summed E-state index contributed by atoms with van der Waals surface area (Å²) in [5, 5.41) is 3.34. The van der Waals surface area contributed by atoms with E-state index in [9.17, 15) is 8.78 Å². The monoisotopic (exact) mass is 318 g/mol. The van der Waals surface area contributed by atoms with Crippen molar-refractivity contribution in [2.45, 2.75) is 32.7 Å². The summed E-state index contributed by atoms with van der Waals surface area (Å²) in [5.41, 5.74) is 0.895. The summed E-state index contributed by atoms with van der Waals surface area (Å²) < 4.78 is 26.7. The van der Waals surface area contributed by atoms with Crippen LogP contribution < -0.4 is 5.32 Å². The van der Waals surface area contributed by atoms with E-state index in [0.717, 1.165) is 44.6 Å². The van der Waals surface area contributed by atoms with Crippen LogP contribution >= 0.6 is 12.4 Å². The van der Waals surface area contributed by atoms with Crippen LogP contribution in [0.4, 0.5) is 8.78 Å². The van der Waals surface area contributed by atoms with Crippen LogP contribution in [-0.2, 0) is 0 Å². The Kier molecular flexibility index (Phi) is 7.57. The molecule has 5 heteroatoms. The van der Waals surface area contributed by atoms with Gasteiger partial charge in [0.15, 0.2) is 11.6 Å². The standard InChI is InChI=1S/C16H24F2N2.ClH/c1-3-4-12(2)16(20-9-7-19-8-10-20)13-5-6-14(17)15(18)11-13;/h5-6,11-12,16,19H,3-4,7-10H2,1-2H3;1H/t12?,16-;/m1./s1. The molecule has 2 atom stereocenters. The highest BCUT2D eigenvalue weighted by molar-refractivity contribution is 5.85. The van der Waals surface area contributed by atoms with Crippen LogP contribution in [0.15, 0.2) is 18.2 Å². The van der Waals surface area contributed by atoms with Crippen molar-refractivity contribution in [3.63, 3.8) is 0 Å². The van der Waals surface area contributed by atoms with Crippen LogP contribution in [0.2, 0.25) is 0 Å². The van der Waals surface area contributed by atoms with E-state index in [1.54, 1.807) is 6.07 Å². The van der Waals surface area contributed by atoms with Gasteiger partial charge < -0.3 is 5.32 Å². The van der Waals surface area contributed by atoms with Crippen LogP contribution in [0.3, 0.4) is 0 Å². The zero-order valence-electron chi connectivity index (χ0n) is 12.7. The van der Waals surface area contributed by atoms with Crippen molar-refractivity contribution in [3.05, 3.63) is 35.4 Å². The molecule has 1 fully saturated rings. The average Bonchev–Trinajstić information content (AvgIpc) is 2.44. The van der Waals surface area contributed by atoms with Crippen LogP contribution in [0, 0.1) is 17.6 Å². The van der Waals surface area contributed by atoms with Gasteiger partial charge in [-0.15, -0.1) is 12.4 Å². The number of halogens is 3. The van der Waals surface area contributed by atoms with Crippen molar-refractivity contribution in [2.75, 3.05) is 26.2 Å². The third-order valence-electron chi connectivity index (χ3n) is 4.11. The van der Waals surface area contributed by atoms with Crippen LogP contribution in [0.25, 0.3) is 0 Å². The Bertz CT molecular complexity index is 436. The molecule has 1 saturated heterocycles. The lowest BCUT2D eigenvalue weighted by molar-refractivity contribution is 0.125. The van der Waals surface area contributed by atoms with Crippen LogP contribution in [-0.4, -0.2) is 31.1 Å². The molecule has 0 aromatic heterocycles. The Morgan fingerprint density at radius 3 is 2.43 bits per heavy atom. The maximum atomic E-state index is 13.6. The highest BCUT2D eigenvalue weighted by atomic mass is 35.5. The van der Waals surface area contributed by atoms with Gasteiger partial charge in [0.05, 0.1) is 0 Å². The van der Waals surface area contributed by atoms with E-state index in [0.29, 0.717) is 5.92 Å². The Morgan fingerprint density at radius 2 is 1.86 bits per heavy atom. The Balaban J connectivity index is 0.00000220. The number of nitrogens with zero attached hydrogens (tertiary/aromatic N) is 1. The first-order chi connectivity index (χ1) is 9.63. The minimum atomic E-state index is -0.768. The summed E-state index contributed by atoms with van der Waals surface area (Å²) in [5.74, 6) is -1.08. The Morgan fingerprint density at radius 1 is 1.19 bits per heavy atom. The molecule has 0 spiro atoms. The molecule has 1 N–H and O–H groups in total. The molecule has 0 bridgehead atoms. The van der Waals surface area contributed by atoms with Gasteiger partial charge in [0, 0.05) is 32.2 Å². The minimum absolute atomic E-state index is 0. The largest absolute Gasteiger partial charge is 0.314 e. The van der Waals surface area contributed by atoms with E-state index in [-0.39, 0.29) is 18.4 Å². The van der Waals surface area contributed by atoms with Crippen molar-refractivity contribution in [1.29, 1.82) is 0 Å². The van der Waals surface area contributed by atoms with Crippen molar-refractivity contribution in [3.8, 4) is 0 Å². The molecule has 21 heavy (non-hydrogen) atoms. The second-order valence-corrected chi connectivity index (χ2v) is 5.67. The van der Waals surface area contributed by atoms with E-state index in [4.69, 9.17) is 0 Å².